The van der Waals surface area contributed by atoms with Gasteiger partial charge >= 0.3 is 6.18 Å². The molecule has 0 aromatic heterocycles. The number of allylic oxidation sites excluding steroid dienone is 1. The van der Waals surface area contributed by atoms with E-state index in [0.29, 0.717) is 5.92 Å². The van der Waals surface area contributed by atoms with Gasteiger partial charge in [0.1, 0.15) is 6.17 Å². The Hall–Kier alpha value is -1.37. The van der Waals surface area contributed by atoms with Crippen molar-refractivity contribution in [3.63, 3.8) is 0 Å². The van der Waals surface area contributed by atoms with E-state index in [0.717, 1.165) is 23.5 Å². The molecule has 1 saturated carbocycles. The fraction of sp³-hybridized carbons (Fsp3) is 0.692. The van der Waals surface area contributed by atoms with Crippen LogP contribution in [0.4, 0.5) is 13.2 Å². The fourth-order valence-corrected chi connectivity index (χ4v) is 2.27. The number of nitrogens with zero attached hydrogens (tertiary/aromatic N) is 3. The van der Waals surface area contributed by atoms with Crippen molar-refractivity contribution in [2.24, 2.45) is 21.6 Å². The van der Waals surface area contributed by atoms with Gasteiger partial charge in [0, 0.05) is 18.2 Å². The summed E-state index contributed by atoms with van der Waals surface area (Å²) in [7, 11) is 0. The molecule has 1 aliphatic carbocycles. The SMILES string of the molecule is C=CC(=N[C@@]1(C)C(N)N1C(=NCC)C(F)(F)F)C1CC1. The van der Waals surface area contributed by atoms with Crippen molar-refractivity contribution in [3.8, 4) is 0 Å². The van der Waals surface area contributed by atoms with E-state index in [4.69, 9.17) is 5.73 Å². The van der Waals surface area contributed by atoms with Gasteiger partial charge in [0.15, 0.2) is 5.66 Å². The largest absolute Gasteiger partial charge is 0.449 e. The number of amidine groups is 1. The molecular formula is C13H19F3N4. The van der Waals surface area contributed by atoms with Crippen LogP contribution in [0.25, 0.3) is 0 Å². The van der Waals surface area contributed by atoms with Crippen LogP contribution >= 0.6 is 0 Å². The maximum Gasteiger partial charge on any atom is 0.449 e. The van der Waals surface area contributed by atoms with E-state index in [9.17, 15) is 13.2 Å². The zero-order valence-electron chi connectivity index (χ0n) is 11.6. The molecule has 1 saturated heterocycles. The summed E-state index contributed by atoms with van der Waals surface area (Å²) in [6.45, 7) is 6.88. The Kier molecular flexibility index (Phi) is 3.66. The van der Waals surface area contributed by atoms with Crippen molar-refractivity contribution in [3.05, 3.63) is 12.7 Å². The fourth-order valence-electron chi connectivity index (χ4n) is 2.27. The summed E-state index contributed by atoms with van der Waals surface area (Å²) in [5.74, 6) is -0.630. The number of nitrogens with two attached hydrogens (primary N) is 1. The Morgan fingerprint density at radius 2 is 2.10 bits per heavy atom. The van der Waals surface area contributed by atoms with Gasteiger partial charge in [0.05, 0.1) is 0 Å². The minimum atomic E-state index is -4.52. The Morgan fingerprint density at radius 1 is 1.50 bits per heavy atom. The normalized spacial score (nSPS) is 31.5. The average Bonchev–Trinajstić information content (AvgIpc) is 3.24. The molecule has 1 heterocycles. The maximum atomic E-state index is 13.0. The molecule has 2 atom stereocenters. The van der Waals surface area contributed by atoms with Gasteiger partial charge in [-0.25, -0.2) is 0 Å². The van der Waals surface area contributed by atoms with E-state index in [1.807, 2.05) is 0 Å². The minimum absolute atomic E-state index is 0.0504. The van der Waals surface area contributed by atoms with E-state index in [2.05, 4.69) is 16.6 Å². The lowest BCUT2D eigenvalue weighted by atomic mass is 10.2. The smallest absolute Gasteiger partial charge is 0.308 e. The zero-order chi connectivity index (χ0) is 15.1. The number of hydrogen-bond acceptors (Lipinski definition) is 3. The first-order chi connectivity index (χ1) is 9.25. The number of rotatable bonds is 4. The second kappa shape index (κ2) is 4.87. The molecule has 4 nitrogen and oxygen atoms in total. The van der Waals surface area contributed by atoms with Crippen molar-refractivity contribution >= 4 is 11.5 Å². The summed E-state index contributed by atoms with van der Waals surface area (Å²) in [6.07, 6.45) is -1.70. The van der Waals surface area contributed by atoms with Gasteiger partial charge in [-0.05, 0) is 32.8 Å². The monoisotopic (exact) mass is 288 g/mol. The summed E-state index contributed by atoms with van der Waals surface area (Å²) in [5, 5.41) is 0. The standard InChI is InChI=1S/C13H19F3N4/c1-4-9(8-6-7-8)19-12(3)10(17)20(12)11(18-5-2)13(14,15)16/h4,8,10H,1,5-7,17H2,2-3H3/t10?,12-,20?/m1/s1. The Balaban J connectivity index is 2.27. The highest BCUT2D eigenvalue weighted by atomic mass is 19.4. The summed E-state index contributed by atoms with van der Waals surface area (Å²) in [4.78, 5) is 8.97. The van der Waals surface area contributed by atoms with Crippen LogP contribution in [0.1, 0.15) is 26.7 Å². The van der Waals surface area contributed by atoms with Crippen LogP contribution in [-0.4, -0.2) is 41.0 Å². The molecule has 2 fully saturated rings. The van der Waals surface area contributed by atoms with Crippen LogP contribution in [0.3, 0.4) is 0 Å². The first kappa shape index (κ1) is 15.0. The van der Waals surface area contributed by atoms with Gasteiger partial charge in [0.25, 0.3) is 0 Å². The predicted molar refractivity (Wildman–Crippen MR) is 72.6 cm³/mol. The third kappa shape index (κ3) is 2.59. The number of aliphatic imine (C=N–C) groups is 2. The molecule has 112 valence electrons. The van der Waals surface area contributed by atoms with Crippen molar-refractivity contribution in [2.45, 2.75) is 44.7 Å². The Labute approximate surface area is 116 Å². The molecule has 2 rings (SSSR count). The van der Waals surface area contributed by atoms with Crippen molar-refractivity contribution in [2.75, 3.05) is 6.54 Å². The van der Waals surface area contributed by atoms with Crippen LogP contribution in [-0.2, 0) is 0 Å². The molecule has 1 aliphatic heterocycles. The van der Waals surface area contributed by atoms with Crippen molar-refractivity contribution < 1.29 is 13.2 Å². The molecule has 1 unspecified atom stereocenters. The van der Waals surface area contributed by atoms with Gasteiger partial charge < -0.3 is 10.6 Å². The van der Waals surface area contributed by atoms with E-state index >= 15 is 0 Å². The molecule has 0 aromatic carbocycles. The van der Waals surface area contributed by atoms with Gasteiger partial charge in [-0.2, -0.15) is 13.2 Å². The third-order valence-electron chi connectivity index (χ3n) is 3.61. The molecule has 0 bridgehead atoms. The summed E-state index contributed by atoms with van der Waals surface area (Å²) in [6, 6.07) is 0. The molecule has 2 N–H and O–H groups in total. The van der Waals surface area contributed by atoms with Crippen LogP contribution in [0.5, 0.6) is 0 Å². The lowest BCUT2D eigenvalue weighted by Crippen LogP contribution is -2.34. The molecule has 2 aliphatic rings. The topological polar surface area (TPSA) is 53.7 Å². The second-order valence-electron chi connectivity index (χ2n) is 5.22. The van der Waals surface area contributed by atoms with Crippen LogP contribution in [0, 0.1) is 5.92 Å². The summed E-state index contributed by atoms with van der Waals surface area (Å²) >= 11 is 0. The van der Waals surface area contributed by atoms with Gasteiger partial charge in [-0.1, -0.05) is 6.58 Å². The maximum absolute atomic E-state index is 13.0. The highest BCUT2D eigenvalue weighted by Crippen LogP contribution is 2.44. The number of halogens is 3. The summed E-state index contributed by atoms with van der Waals surface area (Å²) < 4.78 is 39.0. The van der Waals surface area contributed by atoms with Crippen LogP contribution in [0.2, 0.25) is 0 Å². The van der Waals surface area contributed by atoms with E-state index in [1.54, 1.807) is 19.9 Å². The van der Waals surface area contributed by atoms with Crippen molar-refractivity contribution in [1.29, 1.82) is 0 Å². The van der Waals surface area contributed by atoms with E-state index in [-0.39, 0.29) is 6.54 Å². The average molecular weight is 288 g/mol. The van der Waals surface area contributed by atoms with Gasteiger partial charge in [-0.3, -0.25) is 9.98 Å². The molecular weight excluding hydrogens is 269 g/mol. The van der Waals surface area contributed by atoms with Crippen LogP contribution < -0.4 is 5.73 Å². The van der Waals surface area contributed by atoms with Gasteiger partial charge in [-0.15, -0.1) is 0 Å². The van der Waals surface area contributed by atoms with E-state index < -0.39 is 23.8 Å². The Morgan fingerprint density at radius 3 is 2.50 bits per heavy atom. The quantitative estimate of drug-likeness (QED) is 0.490. The van der Waals surface area contributed by atoms with Crippen molar-refractivity contribution in [1.82, 2.24) is 4.90 Å². The lowest BCUT2D eigenvalue weighted by Gasteiger charge is -2.15. The molecule has 0 spiro atoms. The Bertz CT molecular complexity index is 465. The molecule has 0 amide bonds. The first-order valence-electron chi connectivity index (χ1n) is 6.64. The van der Waals surface area contributed by atoms with E-state index in [1.165, 1.54) is 0 Å². The molecule has 7 heteroatoms. The highest BCUT2D eigenvalue weighted by Gasteiger charge is 2.64. The molecule has 0 aromatic rings. The number of hydrogen-bond donors (Lipinski definition) is 1. The van der Waals surface area contributed by atoms with Gasteiger partial charge in [0.2, 0.25) is 5.84 Å². The second-order valence-corrected chi connectivity index (χ2v) is 5.22. The van der Waals surface area contributed by atoms with Crippen LogP contribution in [0.15, 0.2) is 22.6 Å². The molecule has 20 heavy (non-hydrogen) atoms. The lowest BCUT2D eigenvalue weighted by molar-refractivity contribution is -0.0662. The molecule has 0 radical (unpaired) electrons. The first-order valence-corrected chi connectivity index (χ1v) is 6.64. The number of alkyl halides is 3. The third-order valence-corrected chi connectivity index (χ3v) is 3.61. The highest BCUT2D eigenvalue weighted by molar-refractivity contribution is 5.99. The zero-order valence-corrected chi connectivity index (χ0v) is 11.6. The predicted octanol–water partition coefficient (Wildman–Crippen LogP) is 2.32. The minimum Gasteiger partial charge on any atom is -0.308 e. The summed E-state index contributed by atoms with van der Waals surface area (Å²) in [5.41, 5.74) is 5.47.